The van der Waals surface area contributed by atoms with Crippen LogP contribution in [0.3, 0.4) is 0 Å². The van der Waals surface area contributed by atoms with Crippen molar-refractivity contribution in [1.29, 1.82) is 0 Å². The van der Waals surface area contributed by atoms with Crippen molar-refractivity contribution < 1.29 is 13.2 Å². The highest BCUT2D eigenvalue weighted by atomic mass is 32.2. The summed E-state index contributed by atoms with van der Waals surface area (Å²) in [6, 6.07) is 10.1. The second-order valence-corrected chi connectivity index (χ2v) is 6.10. The molecule has 0 fully saturated rings. The highest BCUT2D eigenvalue weighted by molar-refractivity contribution is 7.89. The van der Waals surface area contributed by atoms with Gasteiger partial charge in [-0.15, -0.1) is 0 Å². The van der Waals surface area contributed by atoms with E-state index in [0.29, 0.717) is 5.69 Å². The lowest BCUT2D eigenvalue weighted by Gasteiger charge is -2.13. The molecular formula is C14H17N3O3S. The quantitative estimate of drug-likeness (QED) is 0.749. The number of rotatable bonds is 4. The fraction of sp³-hybridized carbons (Fsp3) is 0.143. The lowest BCUT2D eigenvalue weighted by Crippen LogP contribution is -2.15. The van der Waals surface area contributed by atoms with Crippen molar-refractivity contribution in [2.24, 2.45) is 5.14 Å². The molecule has 2 aromatic rings. The average molecular weight is 307 g/mol. The zero-order chi connectivity index (χ0) is 15.6. The predicted octanol–water partition coefficient (Wildman–Crippen LogP) is 1.98. The molecule has 0 atom stereocenters. The molecule has 0 amide bonds. The summed E-state index contributed by atoms with van der Waals surface area (Å²) in [4.78, 5) is -0.0993. The molecule has 2 aromatic carbocycles. The maximum absolute atomic E-state index is 11.4. The van der Waals surface area contributed by atoms with Crippen LogP contribution in [0.5, 0.6) is 5.75 Å². The lowest BCUT2D eigenvalue weighted by atomic mass is 10.2. The molecule has 5 N–H and O–H groups in total. The molecule has 0 heterocycles. The van der Waals surface area contributed by atoms with Gasteiger partial charge in [-0.2, -0.15) is 0 Å². The van der Waals surface area contributed by atoms with Crippen LogP contribution >= 0.6 is 0 Å². The summed E-state index contributed by atoms with van der Waals surface area (Å²) in [5.41, 5.74) is 8.15. The van der Waals surface area contributed by atoms with Crippen LogP contribution in [-0.2, 0) is 10.0 Å². The van der Waals surface area contributed by atoms with E-state index in [1.807, 2.05) is 25.1 Å². The monoisotopic (exact) mass is 307 g/mol. The molecule has 0 bridgehead atoms. The number of para-hydroxylation sites is 1. The highest BCUT2D eigenvalue weighted by Gasteiger charge is 2.14. The number of sulfonamides is 1. The zero-order valence-electron chi connectivity index (χ0n) is 11.8. The van der Waals surface area contributed by atoms with Crippen LogP contribution in [0.15, 0.2) is 41.3 Å². The maximum atomic E-state index is 11.4. The second kappa shape index (κ2) is 5.63. The highest BCUT2D eigenvalue weighted by Crippen LogP contribution is 2.30. The standard InChI is InChI=1S/C14H17N3O3S/c1-9-8-10(6-7-12(9)20-2)17-11-4-3-5-13(14(11)15)21(16,18)19/h3-8,17H,15H2,1-2H3,(H2,16,18,19). The molecule has 0 aliphatic rings. The normalized spacial score (nSPS) is 11.2. The Balaban J connectivity index is 2.39. The van der Waals surface area contributed by atoms with E-state index >= 15 is 0 Å². The summed E-state index contributed by atoms with van der Waals surface area (Å²) in [6.45, 7) is 1.91. The molecule has 7 heteroatoms. The van der Waals surface area contributed by atoms with Gasteiger partial charge in [-0.25, -0.2) is 13.6 Å². The number of hydrogen-bond donors (Lipinski definition) is 3. The molecule has 0 aliphatic heterocycles. The van der Waals surface area contributed by atoms with E-state index < -0.39 is 10.0 Å². The topological polar surface area (TPSA) is 107 Å². The number of aryl methyl sites for hydroxylation is 1. The Kier molecular flexibility index (Phi) is 4.06. The molecule has 2 rings (SSSR count). The van der Waals surface area contributed by atoms with Gasteiger partial charge in [0.05, 0.1) is 18.5 Å². The van der Waals surface area contributed by atoms with Gasteiger partial charge in [0.25, 0.3) is 0 Å². The average Bonchev–Trinajstić information content (AvgIpc) is 2.40. The van der Waals surface area contributed by atoms with Gasteiger partial charge < -0.3 is 15.8 Å². The maximum Gasteiger partial charge on any atom is 0.240 e. The van der Waals surface area contributed by atoms with E-state index in [-0.39, 0.29) is 10.6 Å². The SMILES string of the molecule is COc1ccc(Nc2cccc(S(N)(=O)=O)c2N)cc1C. The Hall–Kier alpha value is -2.25. The summed E-state index contributed by atoms with van der Waals surface area (Å²) < 4.78 is 28.1. The van der Waals surface area contributed by atoms with Crippen LogP contribution in [0.2, 0.25) is 0 Å². The number of methoxy groups -OCH3 is 1. The van der Waals surface area contributed by atoms with Crippen LogP contribution in [-0.4, -0.2) is 15.5 Å². The lowest BCUT2D eigenvalue weighted by molar-refractivity contribution is 0.412. The summed E-state index contributed by atoms with van der Waals surface area (Å²) >= 11 is 0. The molecule has 0 radical (unpaired) electrons. The van der Waals surface area contributed by atoms with Gasteiger partial charge in [-0.3, -0.25) is 0 Å². The smallest absolute Gasteiger partial charge is 0.240 e. The van der Waals surface area contributed by atoms with Gasteiger partial charge in [-0.1, -0.05) is 6.07 Å². The molecule has 0 saturated heterocycles. The van der Waals surface area contributed by atoms with E-state index in [9.17, 15) is 8.42 Å². The molecule has 6 nitrogen and oxygen atoms in total. The van der Waals surface area contributed by atoms with Crippen LogP contribution in [0.25, 0.3) is 0 Å². The van der Waals surface area contributed by atoms with E-state index in [4.69, 9.17) is 15.6 Å². The number of hydrogen-bond acceptors (Lipinski definition) is 5. The number of primary sulfonamides is 1. The van der Waals surface area contributed by atoms with Gasteiger partial charge in [-0.05, 0) is 42.8 Å². The van der Waals surface area contributed by atoms with Crippen molar-refractivity contribution in [3.05, 3.63) is 42.0 Å². The van der Waals surface area contributed by atoms with Crippen LogP contribution in [0.4, 0.5) is 17.1 Å². The van der Waals surface area contributed by atoms with Crippen molar-refractivity contribution in [2.75, 3.05) is 18.2 Å². The van der Waals surface area contributed by atoms with Gasteiger partial charge in [0.2, 0.25) is 10.0 Å². The molecular weight excluding hydrogens is 290 g/mol. The Morgan fingerprint density at radius 3 is 2.48 bits per heavy atom. The molecule has 0 aliphatic carbocycles. The third-order valence-electron chi connectivity index (χ3n) is 3.05. The van der Waals surface area contributed by atoms with Crippen molar-refractivity contribution in [1.82, 2.24) is 0 Å². The number of anilines is 3. The Morgan fingerprint density at radius 2 is 1.90 bits per heavy atom. The first-order valence-corrected chi connectivity index (χ1v) is 7.70. The van der Waals surface area contributed by atoms with Crippen LogP contribution < -0.4 is 20.9 Å². The molecule has 112 valence electrons. The molecule has 0 spiro atoms. The third kappa shape index (κ3) is 3.26. The van der Waals surface area contributed by atoms with Crippen molar-refractivity contribution in [3.63, 3.8) is 0 Å². The van der Waals surface area contributed by atoms with Crippen LogP contribution in [0.1, 0.15) is 5.56 Å². The third-order valence-corrected chi connectivity index (χ3v) is 4.02. The number of nitrogens with two attached hydrogens (primary N) is 2. The van der Waals surface area contributed by atoms with Gasteiger partial charge in [0, 0.05) is 5.69 Å². The van der Waals surface area contributed by atoms with E-state index in [1.54, 1.807) is 19.2 Å². The molecule has 0 unspecified atom stereocenters. The first-order chi connectivity index (χ1) is 9.82. The largest absolute Gasteiger partial charge is 0.496 e. The van der Waals surface area contributed by atoms with Crippen LogP contribution in [0, 0.1) is 6.92 Å². The van der Waals surface area contributed by atoms with E-state index in [0.717, 1.165) is 17.0 Å². The Morgan fingerprint density at radius 1 is 1.19 bits per heavy atom. The first kappa shape index (κ1) is 15.1. The summed E-state index contributed by atoms with van der Waals surface area (Å²) in [5.74, 6) is 0.770. The first-order valence-electron chi connectivity index (χ1n) is 6.16. The second-order valence-electron chi connectivity index (χ2n) is 4.57. The fourth-order valence-electron chi connectivity index (χ4n) is 2.01. The molecule has 0 saturated carbocycles. The minimum Gasteiger partial charge on any atom is -0.496 e. The summed E-state index contributed by atoms with van der Waals surface area (Å²) in [7, 11) is -2.25. The predicted molar refractivity (Wildman–Crippen MR) is 83.2 cm³/mol. The minimum atomic E-state index is -3.85. The van der Waals surface area contributed by atoms with Gasteiger partial charge >= 0.3 is 0 Å². The number of nitrogens with one attached hydrogen (secondary N) is 1. The fourth-order valence-corrected chi connectivity index (χ4v) is 2.70. The van der Waals surface area contributed by atoms with Crippen molar-refractivity contribution in [2.45, 2.75) is 11.8 Å². The van der Waals surface area contributed by atoms with Gasteiger partial charge in [0.15, 0.2) is 0 Å². The number of nitrogen functional groups attached to an aromatic ring is 1. The summed E-state index contributed by atoms with van der Waals surface area (Å²) in [6.07, 6.45) is 0. The summed E-state index contributed by atoms with van der Waals surface area (Å²) in [5, 5.41) is 8.21. The Labute approximate surface area is 123 Å². The van der Waals surface area contributed by atoms with E-state index in [1.165, 1.54) is 6.07 Å². The minimum absolute atomic E-state index is 0.0912. The number of ether oxygens (including phenoxy) is 1. The molecule has 21 heavy (non-hydrogen) atoms. The van der Waals surface area contributed by atoms with Gasteiger partial charge in [0.1, 0.15) is 10.6 Å². The molecule has 0 aromatic heterocycles. The zero-order valence-corrected chi connectivity index (χ0v) is 12.6. The van der Waals surface area contributed by atoms with Crippen molar-refractivity contribution in [3.8, 4) is 5.75 Å². The number of benzene rings is 2. The Bertz CT molecular complexity index is 773. The van der Waals surface area contributed by atoms with Crippen molar-refractivity contribution >= 4 is 27.1 Å². The van der Waals surface area contributed by atoms with E-state index in [2.05, 4.69) is 5.32 Å².